The van der Waals surface area contributed by atoms with Gasteiger partial charge in [0, 0.05) is 0 Å². The summed E-state index contributed by atoms with van der Waals surface area (Å²) in [5.41, 5.74) is 2.52. The number of hydrogen-bond acceptors (Lipinski definition) is 6. The van der Waals surface area contributed by atoms with Gasteiger partial charge in [-0.2, -0.15) is 0 Å². The molecule has 0 saturated heterocycles. The molecule has 1 atom stereocenters. The first-order chi connectivity index (χ1) is 11.3. The van der Waals surface area contributed by atoms with E-state index in [4.69, 9.17) is 4.28 Å². The number of nitrogens with zero attached hydrogens (tertiary/aromatic N) is 4. The van der Waals surface area contributed by atoms with Gasteiger partial charge in [-0.15, -0.1) is 0 Å². The molecule has 1 aliphatic heterocycles. The van der Waals surface area contributed by atoms with Crippen molar-refractivity contribution in [3.8, 4) is 0 Å². The zero-order valence-electron chi connectivity index (χ0n) is 14.2. The monoisotopic (exact) mass is 427 g/mol. The third-order valence-corrected chi connectivity index (χ3v) is 5.52. The second-order valence-electron chi connectivity index (χ2n) is 6.04. The Morgan fingerprint density at radius 1 is 1.36 bits per heavy atom. The summed E-state index contributed by atoms with van der Waals surface area (Å²) in [4.78, 5) is 13.3. The first-order valence-corrected chi connectivity index (χ1v) is 10.1. The minimum Gasteiger partial charge on any atom is -0.412 e. The maximum absolute atomic E-state index is 12.2. The molecule has 2 radical (unpaired) electrons. The number of aliphatic imine (C=N–C) groups is 1. The summed E-state index contributed by atoms with van der Waals surface area (Å²) in [7, 11) is -3.70. The van der Waals surface area contributed by atoms with Gasteiger partial charge in [0.05, 0.1) is 0 Å². The topological polar surface area (TPSA) is 113 Å². The van der Waals surface area contributed by atoms with Crippen LogP contribution in [0.3, 0.4) is 0 Å². The minimum absolute atomic E-state index is 0. The van der Waals surface area contributed by atoms with Gasteiger partial charge in [0.15, 0.2) is 0 Å². The van der Waals surface area contributed by atoms with Gasteiger partial charge in [-0.05, 0) is 0 Å². The van der Waals surface area contributed by atoms with E-state index in [9.17, 15) is 8.42 Å². The zero-order valence-corrected chi connectivity index (χ0v) is 16.9. The molecule has 0 spiro atoms. The molecular weight excluding hydrogens is 407 g/mol. The fourth-order valence-corrected chi connectivity index (χ4v) is 4.02. The molecule has 8 nitrogen and oxygen atoms in total. The van der Waals surface area contributed by atoms with E-state index in [0.29, 0.717) is 33.4 Å². The van der Waals surface area contributed by atoms with Crippen molar-refractivity contribution in [1.82, 2.24) is 14.6 Å². The average molecular weight is 427 g/mol. The van der Waals surface area contributed by atoms with E-state index in [1.54, 1.807) is 19.2 Å². The second kappa shape index (κ2) is 7.09. The smallest absolute Gasteiger partial charge is 0.412 e. The van der Waals surface area contributed by atoms with E-state index in [1.165, 1.54) is 6.34 Å². The van der Waals surface area contributed by atoms with Gasteiger partial charge in [-0.3, -0.25) is 0 Å². The van der Waals surface area contributed by atoms with Gasteiger partial charge >= 0.3 is 150 Å². The van der Waals surface area contributed by atoms with Crippen molar-refractivity contribution in [3.05, 3.63) is 18.3 Å². The molecule has 25 heavy (non-hydrogen) atoms. The van der Waals surface area contributed by atoms with Gasteiger partial charge in [0.2, 0.25) is 0 Å². The van der Waals surface area contributed by atoms with Crippen molar-refractivity contribution < 1.29 is 18.2 Å². The fourth-order valence-electron chi connectivity index (χ4n) is 2.76. The van der Waals surface area contributed by atoms with Gasteiger partial charge in [-0.25, -0.2) is 0 Å². The van der Waals surface area contributed by atoms with Crippen LogP contribution in [0.25, 0.3) is 11.0 Å². The Labute approximate surface area is 155 Å². The van der Waals surface area contributed by atoms with E-state index in [2.05, 4.69) is 31.8 Å². The fraction of sp³-hybridized carbons (Fsp3) is 0.400. The standard InChI is InChI=1S/C15H18AsN4O3S.H2O/c1-4-24(21,22)23-20(8-10(2)3)9-18-13-14(20)12-11(19-15(13)16)6-5-7-17-12;/h5-7,9-10H,4,8H2,1-3H3;1H2/q+1;. The summed E-state index contributed by atoms with van der Waals surface area (Å²) in [6, 6.07) is 3.64. The predicted octanol–water partition coefficient (Wildman–Crippen LogP) is 0.517. The molecule has 1 unspecified atom stereocenters. The maximum atomic E-state index is 12.2. The molecule has 2 N–H and O–H groups in total. The number of hydrogen-bond donors (Lipinski definition) is 0. The normalized spacial score (nSPS) is 19.2. The molecule has 1 aliphatic rings. The maximum Gasteiger partial charge on any atom is -0.412 e. The number of fused-ring (bicyclic) bond motifs is 3. The summed E-state index contributed by atoms with van der Waals surface area (Å²) >= 11 is 2.37. The molecule has 2 aromatic heterocycles. The Morgan fingerprint density at radius 3 is 2.72 bits per heavy atom. The van der Waals surface area contributed by atoms with Crippen LogP contribution in [-0.2, 0) is 14.4 Å². The van der Waals surface area contributed by atoms with E-state index >= 15 is 0 Å². The van der Waals surface area contributed by atoms with Gasteiger partial charge in [0.25, 0.3) is 0 Å². The average Bonchev–Trinajstić information content (AvgIpc) is 2.86. The molecule has 0 aliphatic carbocycles. The summed E-state index contributed by atoms with van der Waals surface area (Å²) in [5.74, 6) is 0.0657. The molecule has 0 aromatic carbocycles. The molecule has 3 heterocycles. The van der Waals surface area contributed by atoms with Crippen molar-refractivity contribution in [2.75, 3.05) is 12.3 Å². The third kappa shape index (κ3) is 3.61. The number of hydroxylamine groups is 2. The van der Waals surface area contributed by atoms with Crippen molar-refractivity contribution in [3.63, 3.8) is 0 Å². The van der Waals surface area contributed by atoms with Crippen LogP contribution < -0.4 is 9.13 Å². The minimum atomic E-state index is -3.70. The van der Waals surface area contributed by atoms with Crippen LogP contribution >= 0.6 is 0 Å². The number of pyridine rings is 2. The predicted molar refractivity (Wildman–Crippen MR) is 98.7 cm³/mol. The van der Waals surface area contributed by atoms with Crippen molar-refractivity contribution in [2.24, 2.45) is 10.9 Å². The third-order valence-electron chi connectivity index (χ3n) is 3.66. The number of rotatable bonds is 5. The van der Waals surface area contributed by atoms with E-state index in [0.717, 1.165) is 0 Å². The van der Waals surface area contributed by atoms with Crippen molar-refractivity contribution in [2.45, 2.75) is 20.8 Å². The van der Waals surface area contributed by atoms with E-state index in [1.807, 2.05) is 19.9 Å². The molecule has 0 amide bonds. The Balaban J connectivity index is 0.00000225. The Kier molecular flexibility index (Phi) is 5.65. The first-order valence-electron chi connectivity index (χ1n) is 7.63. The number of aromatic nitrogens is 2. The first kappa shape index (κ1) is 19.9. The van der Waals surface area contributed by atoms with Crippen molar-refractivity contribution >= 4 is 60.2 Å². The SMILES string of the molecule is CCS(=O)(=O)O[N+]1(CC(C)C)C=Nc2c([As])nc3cccnc3c21.O. The summed E-state index contributed by atoms with van der Waals surface area (Å²) < 4.78 is 30.4. The van der Waals surface area contributed by atoms with Crippen LogP contribution in [0.15, 0.2) is 23.3 Å². The molecule has 0 bridgehead atoms. The Hall–Kier alpha value is -1.38. The van der Waals surface area contributed by atoms with Gasteiger partial charge in [0.1, 0.15) is 0 Å². The summed E-state index contributed by atoms with van der Waals surface area (Å²) in [6.45, 7) is 6.00. The Bertz CT molecular complexity index is 933. The molecule has 3 rings (SSSR count). The van der Waals surface area contributed by atoms with Crippen LogP contribution in [0, 0.1) is 5.92 Å². The molecule has 0 saturated carbocycles. The summed E-state index contributed by atoms with van der Waals surface area (Å²) in [5, 5.41) is 0. The van der Waals surface area contributed by atoms with Gasteiger partial charge < -0.3 is 5.48 Å². The van der Waals surface area contributed by atoms with Crippen LogP contribution in [0.2, 0.25) is 0 Å². The zero-order chi connectivity index (χ0) is 17.5. The van der Waals surface area contributed by atoms with Crippen LogP contribution in [0.4, 0.5) is 11.4 Å². The second-order valence-corrected chi connectivity index (χ2v) is 8.77. The quantitative estimate of drug-likeness (QED) is 0.510. The van der Waals surface area contributed by atoms with Crippen LogP contribution in [0.1, 0.15) is 20.8 Å². The van der Waals surface area contributed by atoms with E-state index in [-0.39, 0.29) is 21.8 Å². The Morgan fingerprint density at radius 2 is 2.08 bits per heavy atom. The molecule has 134 valence electrons. The molecule has 10 heteroatoms. The summed E-state index contributed by atoms with van der Waals surface area (Å²) in [6.07, 6.45) is 3.19. The largest absolute Gasteiger partial charge is 0.412 e. The number of quaternary nitrogens is 1. The molecular formula is C15H20AsN4O4S+. The molecule has 2 aromatic rings. The van der Waals surface area contributed by atoms with Crippen LogP contribution in [-0.4, -0.2) is 59.4 Å². The van der Waals surface area contributed by atoms with Crippen molar-refractivity contribution in [1.29, 1.82) is 0 Å². The van der Waals surface area contributed by atoms with Crippen LogP contribution in [0.5, 0.6) is 0 Å². The van der Waals surface area contributed by atoms with E-state index < -0.39 is 10.1 Å². The molecule has 0 fully saturated rings. The van der Waals surface area contributed by atoms with Gasteiger partial charge in [-0.1, -0.05) is 0 Å².